The molecule has 23 heavy (non-hydrogen) atoms. The summed E-state index contributed by atoms with van der Waals surface area (Å²) in [5.74, 6) is 0. The first-order valence-electron chi connectivity index (χ1n) is 6.68. The topological polar surface area (TPSA) is 130 Å². The summed E-state index contributed by atoms with van der Waals surface area (Å²) in [6.45, 7) is 2.31. The van der Waals surface area contributed by atoms with Crippen molar-refractivity contribution in [3.63, 3.8) is 0 Å². The van der Waals surface area contributed by atoms with Crippen molar-refractivity contribution in [1.82, 2.24) is 6.15 Å². The summed E-state index contributed by atoms with van der Waals surface area (Å²) >= 11 is 0. The van der Waals surface area contributed by atoms with Gasteiger partial charge in [0, 0.05) is 0 Å². The van der Waals surface area contributed by atoms with Crippen LogP contribution in [-0.2, 0) is 14.6 Å². The molecule has 128 valence electrons. The van der Waals surface area contributed by atoms with Gasteiger partial charge < -0.3 is 11.6 Å². The number of hydrogen-bond donors (Lipinski definition) is 2. The van der Waals surface area contributed by atoms with Crippen molar-refractivity contribution in [2.75, 3.05) is 6.61 Å². The molecule has 0 unspecified atom stereocenters. The summed E-state index contributed by atoms with van der Waals surface area (Å²) in [7, 11) is -4.23. The first-order valence-corrected chi connectivity index (χ1v) is 8.04. The van der Waals surface area contributed by atoms with E-state index < -0.39 is 10.4 Å². The Bertz CT molecular complexity index is 272. The van der Waals surface area contributed by atoms with Gasteiger partial charge in [0.2, 0.25) is 0 Å². The van der Waals surface area contributed by atoms with Crippen LogP contribution >= 0.6 is 0 Å². The molecule has 0 heterocycles. The van der Waals surface area contributed by atoms with Gasteiger partial charge in [0.15, 0.2) is 0 Å². The molecule has 0 saturated carbocycles. The minimum atomic E-state index is -4.23. The molecule has 0 aliphatic heterocycles. The van der Waals surface area contributed by atoms with E-state index in [1.54, 1.807) is 0 Å². The van der Waals surface area contributed by atoms with Crippen molar-refractivity contribution >= 4 is 129 Å². The fourth-order valence-electron chi connectivity index (χ4n) is 1.75. The summed E-state index contributed by atoms with van der Waals surface area (Å²) in [5.41, 5.74) is 0. The molecule has 0 saturated heterocycles. The molecule has 6 nitrogen and oxygen atoms in total. The second kappa shape index (κ2) is 33.4. The first-order chi connectivity index (χ1) is 8.06. The zero-order valence-corrected chi connectivity index (χ0v) is 12.9. The molecule has 0 radical (unpaired) electrons. The normalized spacial score (nSPS) is 8.78. The predicted octanol–water partition coefficient (Wildman–Crippen LogP) is 0.470. The number of hydrogen-bond acceptors (Lipinski definition) is 4. The Morgan fingerprint density at radius 1 is 0.739 bits per heavy atom. The molecule has 0 fully saturated rings. The van der Waals surface area contributed by atoms with Crippen LogP contribution in [0.1, 0.15) is 71.1 Å². The fraction of sp³-hybridized carbons (Fsp3) is 1.00. The Morgan fingerprint density at radius 3 is 1.35 bits per heavy atom. The molecule has 11 heteroatoms. The van der Waals surface area contributed by atoms with Crippen LogP contribution in [0.25, 0.3) is 0 Å². The van der Waals surface area contributed by atoms with Gasteiger partial charge >= 0.3 is 129 Å². The zero-order valence-electron chi connectivity index (χ0n) is 12.1. The van der Waals surface area contributed by atoms with Gasteiger partial charge in [-0.1, -0.05) is 64.7 Å². The Balaban J connectivity index is -0.0000000853. The van der Waals surface area contributed by atoms with E-state index in [1.165, 1.54) is 44.9 Å². The van der Waals surface area contributed by atoms with E-state index in [1.807, 2.05) is 0 Å². The molecular formula is C12H35NNa4O5S. The molecule has 0 atom stereocenters. The molecular weight excluding hydrogens is 362 g/mol. The Hall–Kier alpha value is 3.79. The van der Waals surface area contributed by atoms with E-state index >= 15 is 0 Å². The Labute approximate surface area is 231 Å². The first kappa shape index (κ1) is 45.5. The summed E-state index contributed by atoms with van der Waals surface area (Å²) in [6.07, 6.45) is 11.9. The summed E-state index contributed by atoms with van der Waals surface area (Å²) in [5, 5.41) is 0. The second-order valence-electron chi connectivity index (χ2n) is 4.43. The van der Waals surface area contributed by atoms with Crippen molar-refractivity contribution in [2.24, 2.45) is 0 Å². The maximum atomic E-state index is 10.2. The molecule has 0 spiro atoms. The van der Waals surface area contributed by atoms with E-state index in [9.17, 15) is 8.42 Å². The van der Waals surface area contributed by atoms with Gasteiger partial charge in [-0.2, -0.15) is 8.42 Å². The molecule has 0 aliphatic carbocycles. The van der Waals surface area contributed by atoms with Crippen LogP contribution in [0.2, 0.25) is 0 Å². The van der Waals surface area contributed by atoms with E-state index in [0.29, 0.717) is 6.42 Å². The molecule has 0 aromatic carbocycles. The average molecular weight is 397 g/mol. The van der Waals surface area contributed by atoms with Crippen LogP contribution in [-0.4, -0.2) is 143 Å². The van der Waals surface area contributed by atoms with Crippen LogP contribution in [0.3, 0.4) is 0 Å². The van der Waals surface area contributed by atoms with Crippen LogP contribution in [0.15, 0.2) is 0 Å². The van der Waals surface area contributed by atoms with Crippen molar-refractivity contribution in [2.45, 2.75) is 71.1 Å². The van der Waals surface area contributed by atoms with Gasteiger partial charge in [0.1, 0.15) is 0 Å². The summed E-state index contributed by atoms with van der Waals surface area (Å²) in [4.78, 5) is 0. The second-order valence-corrected chi connectivity index (χ2v) is 5.52. The molecule has 0 aromatic rings. The van der Waals surface area contributed by atoms with Crippen LogP contribution in [0.4, 0.5) is 0 Å². The third kappa shape index (κ3) is 46.1. The molecule has 0 rings (SSSR count). The fourth-order valence-corrected chi connectivity index (χ4v) is 2.08. The summed E-state index contributed by atoms with van der Waals surface area (Å²) in [6, 6.07) is 0. The average Bonchev–Trinajstić information content (AvgIpc) is 2.24. The Morgan fingerprint density at radius 2 is 1.04 bits per heavy atom. The van der Waals surface area contributed by atoms with Crippen LogP contribution in [0.5, 0.6) is 0 Å². The van der Waals surface area contributed by atoms with Crippen molar-refractivity contribution in [3.8, 4) is 0 Å². The quantitative estimate of drug-likeness (QED) is 0.281. The van der Waals surface area contributed by atoms with E-state index in [4.69, 9.17) is 4.55 Å². The monoisotopic (exact) mass is 397 g/mol. The van der Waals surface area contributed by atoms with Crippen molar-refractivity contribution in [3.05, 3.63) is 0 Å². The van der Waals surface area contributed by atoms with E-state index in [2.05, 4.69) is 11.1 Å². The molecule has 0 bridgehead atoms. The predicted molar refractivity (Wildman–Crippen MR) is 107 cm³/mol. The van der Waals surface area contributed by atoms with Gasteiger partial charge in [0.25, 0.3) is 0 Å². The molecule has 6 N–H and O–H groups in total. The van der Waals surface area contributed by atoms with Gasteiger partial charge in [0.05, 0.1) is 6.61 Å². The van der Waals surface area contributed by atoms with Crippen molar-refractivity contribution in [1.29, 1.82) is 0 Å². The zero-order chi connectivity index (χ0) is 13.0. The minimum absolute atomic E-state index is 0. The van der Waals surface area contributed by atoms with Gasteiger partial charge in [-0.3, -0.25) is 4.55 Å². The maximum absolute atomic E-state index is 10.2. The van der Waals surface area contributed by atoms with Gasteiger partial charge in [-0.05, 0) is 6.42 Å². The van der Waals surface area contributed by atoms with Crippen LogP contribution in [0, 0.1) is 0 Å². The van der Waals surface area contributed by atoms with Gasteiger partial charge in [-0.15, -0.1) is 0 Å². The molecule has 0 aliphatic rings. The van der Waals surface area contributed by atoms with Crippen LogP contribution < -0.4 is 6.15 Å². The third-order valence-corrected chi connectivity index (χ3v) is 3.19. The third-order valence-electron chi connectivity index (χ3n) is 2.73. The summed E-state index contributed by atoms with van der Waals surface area (Å²) < 4.78 is 33.0. The standard InChI is InChI=1S/C12H26O4S.H3N.4Na.H2O.4H/c1-2-3-4-5-6-7-8-9-10-11-12-16-17(13,14)15;;;;;;;;;;/h2-12H2,1H3,(H,13,14,15);1H3;;;;;1H2;;;;. The molecule has 0 aromatic heterocycles. The SMILES string of the molecule is CCCCCCCCCCCCOS(=O)(=O)O.N.O.[NaH].[NaH].[NaH].[NaH]. The Kier molecular flexibility index (Phi) is 66.0. The number of unbranched alkanes of at least 4 members (excludes halogenated alkanes) is 9. The van der Waals surface area contributed by atoms with Crippen molar-refractivity contribution < 1.29 is 22.6 Å². The van der Waals surface area contributed by atoms with E-state index in [-0.39, 0.29) is 136 Å². The van der Waals surface area contributed by atoms with Gasteiger partial charge in [-0.25, -0.2) is 4.18 Å². The number of rotatable bonds is 12. The van der Waals surface area contributed by atoms with E-state index in [0.717, 1.165) is 12.8 Å². The molecule has 0 amide bonds.